The van der Waals surface area contributed by atoms with Gasteiger partial charge in [0.15, 0.2) is 5.82 Å². The normalized spacial score (nSPS) is 21.1. The van der Waals surface area contributed by atoms with Crippen LogP contribution in [-0.2, 0) is 10.0 Å². The van der Waals surface area contributed by atoms with Crippen LogP contribution in [-0.4, -0.2) is 67.2 Å². The molecule has 0 N–H and O–H groups in total. The zero-order valence-corrected chi connectivity index (χ0v) is 17.6. The van der Waals surface area contributed by atoms with Gasteiger partial charge in [0.05, 0.1) is 0 Å². The predicted molar refractivity (Wildman–Crippen MR) is 113 cm³/mol. The molecule has 2 saturated heterocycles. The summed E-state index contributed by atoms with van der Waals surface area (Å²) in [6, 6.07) is 7.39. The minimum absolute atomic E-state index is 0.149. The minimum Gasteiger partial charge on any atom is -0.354 e. The molecule has 2 aliphatic heterocycles. The van der Waals surface area contributed by atoms with Gasteiger partial charge in [-0.3, -0.25) is 0 Å². The van der Waals surface area contributed by atoms with Crippen LogP contribution in [0.25, 0.3) is 0 Å². The minimum atomic E-state index is -3.55. The van der Waals surface area contributed by atoms with Crippen LogP contribution in [0.3, 0.4) is 0 Å². The average Bonchev–Trinajstić information content (AvgIpc) is 2.80. The third-order valence-electron chi connectivity index (χ3n) is 5.84. The van der Waals surface area contributed by atoms with Gasteiger partial charge in [-0.25, -0.2) is 13.4 Å². The second-order valence-electron chi connectivity index (χ2n) is 7.72. The van der Waals surface area contributed by atoms with Crippen LogP contribution < -0.4 is 9.80 Å². The molecule has 9 heteroatoms. The van der Waals surface area contributed by atoms with E-state index in [0.717, 1.165) is 51.0 Å². The zero-order valence-electron chi connectivity index (χ0n) is 16.8. The molecule has 0 spiro atoms. The molecule has 156 valence electrons. The summed E-state index contributed by atoms with van der Waals surface area (Å²) < 4.78 is 28.2. The Balaban J connectivity index is 1.58. The molecule has 0 radical (unpaired) electrons. The van der Waals surface area contributed by atoms with Crippen molar-refractivity contribution in [3.05, 3.63) is 36.7 Å². The van der Waals surface area contributed by atoms with Gasteiger partial charge in [0.1, 0.15) is 10.7 Å². The average molecular weight is 417 g/mol. The number of sulfonamides is 1. The van der Waals surface area contributed by atoms with Crippen molar-refractivity contribution < 1.29 is 8.42 Å². The first-order valence-electron chi connectivity index (χ1n) is 10.3. The largest absolute Gasteiger partial charge is 0.354 e. The van der Waals surface area contributed by atoms with Crippen LogP contribution >= 0.6 is 0 Å². The van der Waals surface area contributed by atoms with E-state index in [0.29, 0.717) is 23.8 Å². The van der Waals surface area contributed by atoms with Gasteiger partial charge in [0, 0.05) is 51.7 Å². The van der Waals surface area contributed by atoms with E-state index in [2.05, 4.69) is 20.1 Å². The van der Waals surface area contributed by atoms with Crippen molar-refractivity contribution in [1.29, 1.82) is 0 Å². The Labute approximate surface area is 172 Å². The molecule has 0 aromatic carbocycles. The van der Waals surface area contributed by atoms with Crippen LogP contribution in [0.2, 0.25) is 0 Å². The number of pyridine rings is 1. The molecule has 2 fully saturated rings. The fraction of sp³-hybridized carbons (Fsp3) is 0.550. The Morgan fingerprint density at radius 2 is 1.83 bits per heavy atom. The second kappa shape index (κ2) is 8.62. The number of nitrogens with zero attached hydrogens (tertiary/aromatic N) is 6. The summed E-state index contributed by atoms with van der Waals surface area (Å²) in [7, 11) is -1.60. The van der Waals surface area contributed by atoms with Crippen LogP contribution in [0.15, 0.2) is 41.6 Å². The summed E-state index contributed by atoms with van der Waals surface area (Å²) in [5.41, 5.74) is 0. The highest BCUT2D eigenvalue weighted by atomic mass is 32.2. The third kappa shape index (κ3) is 4.20. The molecule has 0 saturated carbocycles. The summed E-state index contributed by atoms with van der Waals surface area (Å²) >= 11 is 0. The van der Waals surface area contributed by atoms with Gasteiger partial charge in [-0.2, -0.15) is 9.40 Å². The van der Waals surface area contributed by atoms with Crippen LogP contribution in [0, 0.1) is 0 Å². The molecule has 2 aliphatic rings. The molecule has 0 aliphatic carbocycles. The number of hydrogen-bond donors (Lipinski definition) is 0. The van der Waals surface area contributed by atoms with Gasteiger partial charge in [-0.05, 0) is 49.9 Å². The lowest BCUT2D eigenvalue weighted by molar-refractivity contribution is 0.346. The van der Waals surface area contributed by atoms with E-state index in [1.165, 1.54) is 0 Å². The van der Waals surface area contributed by atoms with Gasteiger partial charge in [0.25, 0.3) is 0 Å². The van der Waals surface area contributed by atoms with Crippen LogP contribution in [0.1, 0.15) is 32.1 Å². The molecule has 1 atom stereocenters. The predicted octanol–water partition coefficient (Wildman–Crippen LogP) is 2.15. The second-order valence-corrected chi connectivity index (χ2v) is 9.63. The number of aromatic nitrogens is 3. The highest BCUT2D eigenvalue weighted by molar-refractivity contribution is 7.89. The standard InChI is InChI=1S/C20H28N6O2S/c1-24(17-8-7-13-25(16-17)19-10-6-12-22-23-19)20-18(9-5-11-21-20)29(27,28)26-14-3-2-4-15-26/h5-6,9-12,17H,2-4,7-8,13-16H2,1H3. The maximum absolute atomic E-state index is 13.3. The first-order chi connectivity index (χ1) is 14.1. The van der Waals surface area contributed by atoms with E-state index < -0.39 is 10.0 Å². The zero-order chi connectivity index (χ0) is 20.3. The fourth-order valence-electron chi connectivity index (χ4n) is 4.21. The number of anilines is 2. The van der Waals surface area contributed by atoms with E-state index >= 15 is 0 Å². The molecule has 2 aromatic heterocycles. The Bertz CT molecular complexity index is 918. The first-order valence-corrected chi connectivity index (χ1v) is 11.7. The Kier molecular flexibility index (Phi) is 5.96. The summed E-state index contributed by atoms with van der Waals surface area (Å²) in [5.74, 6) is 1.39. The Morgan fingerprint density at radius 3 is 2.59 bits per heavy atom. The van der Waals surface area contributed by atoms with Gasteiger partial charge < -0.3 is 9.80 Å². The van der Waals surface area contributed by atoms with E-state index in [1.807, 2.05) is 24.1 Å². The fourth-order valence-corrected chi connectivity index (χ4v) is 5.90. The van der Waals surface area contributed by atoms with Crippen LogP contribution in [0.5, 0.6) is 0 Å². The van der Waals surface area contributed by atoms with E-state index in [9.17, 15) is 8.42 Å². The van der Waals surface area contributed by atoms with Crippen molar-refractivity contribution in [1.82, 2.24) is 19.5 Å². The lowest BCUT2D eigenvalue weighted by Gasteiger charge is -2.39. The molecule has 2 aromatic rings. The number of hydrogen-bond acceptors (Lipinski definition) is 7. The lowest BCUT2D eigenvalue weighted by Crippen LogP contribution is -2.48. The van der Waals surface area contributed by atoms with Crippen LogP contribution in [0.4, 0.5) is 11.6 Å². The molecule has 4 heterocycles. The van der Waals surface area contributed by atoms with Crippen molar-refractivity contribution in [2.24, 2.45) is 0 Å². The molecule has 29 heavy (non-hydrogen) atoms. The number of rotatable bonds is 5. The number of likely N-dealkylation sites (N-methyl/N-ethyl adjacent to an activating group) is 1. The smallest absolute Gasteiger partial charge is 0.246 e. The summed E-state index contributed by atoms with van der Waals surface area (Å²) in [5, 5.41) is 8.21. The first kappa shape index (κ1) is 20.0. The summed E-state index contributed by atoms with van der Waals surface area (Å²) in [4.78, 5) is 9.03. The SMILES string of the molecule is CN(c1ncccc1S(=O)(=O)N1CCCCC1)C1CCCN(c2cccnn2)C1. The van der Waals surface area contributed by atoms with Gasteiger partial charge >= 0.3 is 0 Å². The van der Waals surface area contributed by atoms with E-state index in [1.54, 1.807) is 28.8 Å². The monoisotopic (exact) mass is 416 g/mol. The lowest BCUT2D eigenvalue weighted by atomic mass is 10.0. The van der Waals surface area contributed by atoms with E-state index in [-0.39, 0.29) is 6.04 Å². The van der Waals surface area contributed by atoms with Crippen molar-refractivity contribution in [3.8, 4) is 0 Å². The maximum atomic E-state index is 13.3. The Morgan fingerprint density at radius 1 is 1.03 bits per heavy atom. The molecule has 0 bridgehead atoms. The van der Waals surface area contributed by atoms with Crippen molar-refractivity contribution >= 4 is 21.7 Å². The van der Waals surface area contributed by atoms with Crippen molar-refractivity contribution in [3.63, 3.8) is 0 Å². The highest BCUT2D eigenvalue weighted by Gasteiger charge is 2.32. The molecule has 4 rings (SSSR count). The van der Waals surface area contributed by atoms with Crippen molar-refractivity contribution in [2.75, 3.05) is 43.0 Å². The molecular weight excluding hydrogens is 388 g/mol. The summed E-state index contributed by atoms with van der Waals surface area (Å²) in [6.07, 6.45) is 8.25. The molecule has 0 amide bonds. The molecular formula is C20H28N6O2S. The highest BCUT2D eigenvalue weighted by Crippen LogP contribution is 2.30. The van der Waals surface area contributed by atoms with Gasteiger partial charge in [0.2, 0.25) is 10.0 Å². The molecule has 1 unspecified atom stereocenters. The van der Waals surface area contributed by atoms with Gasteiger partial charge in [-0.1, -0.05) is 6.42 Å². The molecule has 8 nitrogen and oxygen atoms in total. The third-order valence-corrected chi connectivity index (χ3v) is 7.76. The summed E-state index contributed by atoms with van der Waals surface area (Å²) in [6.45, 7) is 2.85. The maximum Gasteiger partial charge on any atom is 0.246 e. The van der Waals surface area contributed by atoms with Gasteiger partial charge in [-0.15, -0.1) is 5.10 Å². The van der Waals surface area contributed by atoms with E-state index in [4.69, 9.17) is 0 Å². The number of piperidine rings is 2. The quantitative estimate of drug-likeness (QED) is 0.738. The topological polar surface area (TPSA) is 82.5 Å². The Hall–Kier alpha value is -2.26. The van der Waals surface area contributed by atoms with Crippen molar-refractivity contribution in [2.45, 2.75) is 43.0 Å².